The number of fused-ring (bicyclic) bond motifs is 2. The van der Waals surface area contributed by atoms with E-state index in [0.29, 0.717) is 0 Å². The highest BCUT2D eigenvalue weighted by Crippen LogP contribution is 2.50. The second kappa shape index (κ2) is 7.02. The van der Waals surface area contributed by atoms with Crippen LogP contribution in [0.2, 0.25) is 0 Å². The summed E-state index contributed by atoms with van der Waals surface area (Å²) in [5.74, 6) is -6.61. The minimum absolute atomic E-state index is 0.147. The Morgan fingerprint density at radius 3 is 1.56 bits per heavy atom. The number of nitro groups is 4. The first-order valence-electron chi connectivity index (χ1n) is 7.96. The fraction of sp³-hybridized carbons (Fsp3) is 0.0667. The van der Waals surface area contributed by atoms with E-state index < -0.39 is 99.9 Å². The Morgan fingerprint density at radius 1 is 0.656 bits per heavy atom. The summed E-state index contributed by atoms with van der Waals surface area (Å²) in [6.07, 6.45) is 0. The van der Waals surface area contributed by atoms with Gasteiger partial charge in [-0.2, -0.15) is 0 Å². The molecule has 0 spiro atoms. The summed E-state index contributed by atoms with van der Waals surface area (Å²) in [7, 11) is 0. The molecular weight excluding hydrogens is 444 g/mol. The lowest BCUT2D eigenvalue weighted by Crippen LogP contribution is -2.25. The molecule has 0 amide bonds. The molecule has 0 saturated heterocycles. The van der Waals surface area contributed by atoms with Gasteiger partial charge in [0, 0.05) is 0 Å². The van der Waals surface area contributed by atoms with Gasteiger partial charge < -0.3 is 15.3 Å². The monoisotopic (exact) mass is 450 g/mol. The van der Waals surface area contributed by atoms with E-state index in [1.165, 1.54) is 0 Å². The van der Waals surface area contributed by atoms with Gasteiger partial charge in [-0.3, -0.25) is 50.0 Å². The lowest BCUT2D eigenvalue weighted by atomic mass is 9.79. The number of aliphatic hydroxyl groups excluding tert-OH is 1. The molecule has 17 nitrogen and oxygen atoms in total. The maximum absolute atomic E-state index is 13.0. The van der Waals surface area contributed by atoms with Crippen LogP contribution in [-0.2, 0) is 6.61 Å². The highest BCUT2D eigenvalue weighted by Gasteiger charge is 2.49. The number of hydrogen-bond acceptors (Lipinski definition) is 13. The number of aliphatic hydroxyl groups is 1. The van der Waals surface area contributed by atoms with Gasteiger partial charge in [-0.25, -0.2) is 0 Å². The van der Waals surface area contributed by atoms with Crippen molar-refractivity contribution < 1.29 is 44.6 Å². The predicted octanol–water partition coefficient (Wildman–Crippen LogP) is 0.998. The Hall–Kier alpha value is -5.06. The molecule has 0 bridgehead atoms. The van der Waals surface area contributed by atoms with Crippen LogP contribution in [0.25, 0.3) is 0 Å². The summed E-state index contributed by atoms with van der Waals surface area (Å²) >= 11 is 0. The summed E-state index contributed by atoms with van der Waals surface area (Å²) in [5, 5.41) is 75.3. The molecule has 3 N–H and O–H groups in total. The zero-order valence-electron chi connectivity index (χ0n) is 15.0. The molecule has 1 aliphatic carbocycles. The molecule has 0 aliphatic heterocycles. The standard InChI is InChI=1S/C15H6N4O13/c20-2-3-10(18(29)30)7-9(15(24)11(3)19(31)32)14(23)8-6(13(7)22)4(16(25)26)1-5(12(8)21)17(27)28/h1,20-21,24H,2H2. The van der Waals surface area contributed by atoms with Crippen LogP contribution in [-0.4, -0.2) is 46.6 Å². The van der Waals surface area contributed by atoms with Crippen molar-refractivity contribution in [2.24, 2.45) is 0 Å². The number of phenolic OH excluding ortho intramolecular Hbond substituents is 2. The Morgan fingerprint density at radius 2 is 1.12 bits per heavy atom. The largest absolute Gasteiger partial charge is 0.502 e. The van der Waals surface area contributed by atoms with Crippen molar-refractivity contribution in [3.63, 3.8) is 0 Å². The number of benzene rings is 2. The summed E-state index contributed by atoms with van der Waals surface area (Å²) in [6, 6.07) is 0.147. The maximum Gasteiger partial charge on any atom is 0.323 e. The van der Waals surface area contributed by atoms with E-state index in [1.54, 1.807) is 0 Å². The molecule has 0 fully saturated rings. The maximum atomic E-state index is 13.0. The van der Waals surface area contributed by atoms with Crippen LogP contribution < -0.4 is 0 Å². The molecular formula is C15H6N4O13. The predicted molar refractivity (Wildman–Crippen MR) is 95.6 cm³/mol. The van der Waals surface area contributed by atoms with Gasteiger partial charge in [-0.1, -0.05) is 0 Å². The van der Waals surface area contributed by atoms with Crippen LogP contribution in [0.1, 0.15) is 37.4 Å². The molecule has 0 heterocycles. The molecule has 3 rings (SSSR count). The van der Waals surface area contributed by atoms with Gasteiger partial charge in [0.05, 0.1) is 43.5 Å². The summed E-state index contributed by atoms with van der Waals surface area (Å²) in [6.45, 7) is -1.45. The number of carbonyl (C=O) groups is 2. The average Bonchev–Trinajstić information content (AvgIpc) is 2.69. The molecule has 2 aromatic rings. The molecule has 0 aromatic heterocycles. The summed E-state index contributed by atoms with van der Waals surface area (Å²) < 4.78 is 0. The van der Waals surface area contributed by atoms with E-state index >= 15 is 0 Å². The molecule has 2 aromatic carbocycles. The smallest absolute Gasteiger partial charge is 0.323 e. The number of nitro benzene ring substituents is 4. The van der Waals surface area contributed by atoms with Crippen LogP contribution in [0, 0.1) is 40.5 Å². The molecule has 17 heteroatoms. The number of aromatic hydroxyl groups is 2. The van der Waals surface area contributed by atoms with Gasteiger partial charge in [0.2, 0.25) is 23.1 Å². The number of rotatable bonds is 5. The van der Waals surface area contributed by atoms with Crippen molar-refractivity contribution in [3.8, 4) is 11.5 Å². The molecule has 164 valence electrons. The Bertz CT molecular complexity index is 1330. The SMILES string of the molecule is O=C1c2c(O)c([N+](=O)[O-])cc([N+](=O)[O-])c2C(=O)c2c1c(O)c([N+](=O)[O-])c(CO)c2[N+](=O)[O-]. The second-order valence-corrected chi connectivity index (χ2v) is 6.13. The highest BCUT2D eigenvalue weighted by molar-refractivity contribution is 6.33. The molecule has 0 radical (unpaired) electrons. The van der Waals surface area contributed by atoms with Crippen molar-refractivity contribution in [3.05, 3.63) is 74.3 Å². The van der Waals surface area contributed by atoms with E-state index in [0.717, 1.165) is 0 Å². The normalized spacial score (nSPS) is 12.2. The summed E-state index contributed by atoms with van der Waals surface area (Å²) in [5.41, 5.74) is -12.2. The van der Waals surface area contributed by atoms with Gasteiger partial charge in [-0.05, 0) is 0 Å². The third-order valence-electron chi connectivity index (χ3n) is 4.60. The first-order valence-corrected chi connectivity index (χ1v) is 7.96. The Balaban J connectivity index is 2.63. The lowest BCUT2D eigenvalue weighted by molar-refractivity contribution is -0.396. The Kier molecular flexibility index (Phi) is 4.75. The average molecular weight is 450 g/mol. The molecule has 0 saturated carbocycles. The van der Waals surface area contributed by atoms with E-state index in [4.69, 9.17) is 0 Å². The highest BCUT2D eigenvalue weighted by atomic mass is 16.6. The zero-order valence-corrected chi connectivity index (χ0v) is 15.0. The van der Waals surface area contributed by atoms with Gasteiger partial charge >= 0.3 is 11.4 Å². The van der Waals surface area contributed by atoms with Crippen LogP contribution in [0.5, 0.6) is 11.5 Å². The van der Waals surface area contributed by atoms with Gasteiger partial charge in [0.15, 0.2) is 0 Å². The number of hydrogen-bond donors (Lipinski definition) is 3. The first kappa shape index (κ1) is 21.6. The van der Waals surface area contributed by atoms with Crippen molar-refractivity contribution in [1.29, 1.82) is 0 Å². The van der Waals surface area contributed by atoms with Crippen molar-refractivity contribution in [2.75, 3.05) is 0 Å². The van der Waals surface area contributed by atoms with Crippen molar-refractivity contribution in [1.82, 2.24) is 0 Å². The number of ketones is 2. The van der Waals surface area contributed by atoms with Crippen LogP contribution in [0.15, 0.2) is 6.07 Å². The molecule has 1 aliphatic rings. The topological polar surface area (TPSA) is 267 Å². The number of phenols is 2. The van der Waals surface area contributed by atoms with Crippen LogP contribution in [0.4, 0.5) is 22.7 Å². The zero-order chi connectivity index (χ0) is 24.2. The van der Waals surface area contributed by atoms with Crippen LogP contribution in [0.3, 0.4) is 0 Å². The summed E-state index contributed by atoms with van der Waals surface area (Å²) in [4.78, 5) is 66.0. The Labute approximate surface area is 172 Å². The van der Waals surface area contributed by atoms with E-state index in [2.05, 4.69) is 0 Å². The van der Waals surface area contributed by atoms with Gasteiger partial charge in [0.1, 0.15) is 16.7 Å². The third kappa shape index (κ3) is 2.69. The quantitative estimate of drug-likeness (QED) is 0.362. The fourth-order valence-electron chi connectivity index (χ4n) is 3.38. The van der Waals surface area contributed by atoms with Crippen molar-refractivity contribution >= 4 is 34.3 Å². The lowest BCUT2D eigenvalue weighted by Gasteiger charge is -2.20. The minimum Gasteiger partial charge on any atom is -0.502 e. The first-order chi connectivity index (χ1) is 14.9. The minimum atomic E-state index is -1.76. The van der Waals surface area contributed by atoms with E-state index in [-0.39, 0.29) is 6.07 Å². The molecule has 0 atom stereocenters. The molecule has 0 unspecified atom stereocenters. The fourth-order valence-corrected chi connectivity index (χ4v) is 3.38. The van der Waals surface area contributed by atoms with Gasteiger partial charge in [0.25, 0.3) is 11.4 Å². The van der Waals surface area contributed by atoms with Crippen molar-refractivity contribution in [2.45, 2.75) is 6.61 Å². The van der Waals surface area contributed by atoms with Gasteiger partial charge in [-0.15, -0.1) is 0 Å². The second-order valence-electron chi connectivity index (χ2n) is 6.13. The number of carbonyl (C=O) groups excluding carboxylic acids is 2. The third-order valence-corrected chi connectivity index (χ3v) is 4.60. The van der Waals surface area contributed by atoms with E-state index in [9.17, 15) is 65.4 Å². The van der Waals surface area contributed by atoms with E-state index in [1.807, 2.05) is 0 Å². The molecule has 32 heavy (non-hydrogen) atoms. The van der Waals surface area contributed by atoms with Crippen LogP contribution >= 0.6 is 0 Å². The number of nitrogens with zero attached hydrogens (tertiary/aromatic N) is 4.